The predicted molar refractivity (Wildman–Crippen MR) is 77.1 cm³/mol. The Morgan fingerprint density at radius 2 is 1.50 bits per heavy atom. The Morgan fingerprint density at radius 1 is 1.06 bits per heavy atom. The highest BCUT2D eigenvalue weighted by atomic mass is 33.2. The molecule has 0 saturated carbocycles. The van der Waals surface area contributed by atoms with Crippen molar-refractivity contribution in [2.75, 3.05) is 30.3 Å². The van der Waals surface area contributed by atoms with Crippen LogP contribution in [0.3, 0.4) is 0 Å². The van der Waals surface area contributed by atoms with Crippen LogP contribution in [0.2, 0.25) is 0 Å². The van der Waals surface area contributed by atoms with E-state index in [1.165, 1.54) is 11.8 Å². The van der Waals surface area contributed by atoms with E-state index in [4.69, 9.17) is 17.8 Å². The Hall–Kier alpha value is 0.707. The monoisotopic (exact) mass is 336 g/mol. The van der Waals surface area contributed by atoms with Gasteiger partial charge in [-0.15, -0.1) is 11.8 Å². The molecule has 0 heterocycles. The molecule has 0 unspecified atom stereocenters. The third-order valence-corrected chi connectivity index (χ3v) is 9.18. The second kappa shape index (κ2) is 9.59. The van der Waals surface area contributed by atoms with Gasteiger partial charge in [0.25, 0.3) is 0 Å². The molecule has 1 N–H and O–H groups in total. The van der Waals surface area contributed by atoms with E-state index in [1.54, 1.807) is 0 Å². The van der Waals surface area contributed by atoms with Gasteiger partial charge in [-0.05, 0) is 20.8 Å². The Morgan fingerprint density at radius 3 is 1.83 bits per heavy atom. The van der Waals surface area contributed by atoms with E-state index in [-0.39, 0.29) is 5.08 Å². The highest BCUT2D eigenvalue weighted by Gasteiger charge is 2.40. The lowest BCUT2D eigenvalue weighted by Crippen LogP contribution is -2.49. The highest BCUT2D eigenvalue weighted by molar-refractivity contribution is 8.71. The van der Waals surface area contributed by atoms with E-state index >= 15 is 0 Å². The summed E-state index contributed by atoms with van der Waals surface area (Å²) in [6.45, 7) is 7.03. The van der Waals surface area contributed by atoms with Crippen LogP contribution in [0.15, 0.2) is 0 Å². The average Bonchev–Trinajstić information content (AvgIpc) is 2.24. The molecule has 18 heavy (non-hydrogen) atoms. The fraction of sp³-hybridized carbons (Fsp3) is 1.00. The van der Waals surface area contributed by atoms with Gasteiger partial charge >= 0.3 is 18.0 Å². The standard InChI is InChI=1S/C8H20O6S3Si/c1-4-12-18(13-5-2,14-6-3)8-15-7-16-17(9,10)11/h4-8H2,1-3H3,(H,9,10,11). The molecule has 0 bridgehead atoms. The van der Waals surface area contributed by atoms with E-state index in [2.05, 4.69) is 0 Å². The van der Waals surface area contributed by atoms with Crippen molar-refractivity contribution in [3.05, 3.63) is 0 Å². The van der Waals surface area contributed by atoms with Crippen LogP contribution in [-0.4, -0.2) is 52.1 Å². The quantitative estimate of drug-likeness (QED) is 0.201. The topological polar surface area (TPSA) is 82.1 Å². The molecule has 110 valence electrons. The van der Waals surface area contributed by atoms with Gasteiger partial charge in [0, 0.05) is 30.6 Å². The van der Waals surface area contributed by atoms with Crippen molar-refractivity contribution >= 4 is 40.5 Å². The first-order valence-corrected chi connectivity index (χ1v) is 11.5. The summed E-state index contributed by atoms with van der Waals surface area (Å²) in [6, 6.07) is 0. The van der Waals surface area contributed by atoms with Crippen LogP contribution in [0.4, 0.5) is 0 Å². The number of thioether (sulfide) groups is 1. The zero-order chi connectivity index (χ0) is 14.1. The summed E-state index contributed by atoms with van der Waals surface area (Å²) in [5.41, 5.74) is 0. The minimum atomic E-state index is -3.99. The maximum absolute atomic E-state index is 10.6. The number of rotatable bonds is 11. The van der Waals surface area contributed by atoms with Gasteiger partial charge in [0.1, 0.15) is 0 Å². The van der Waals surface area contributed by atoms with Gasteiger partial charge in [0.05, 0.1) is 10.5 Å². The molecule has 0 aromatic heterocycles. The van der Waals surface area contributed by atoms with Gasteiger partial charge in [-0.25, -0.2) is 0 Å². The van der Waals surface area contributed by atoms with E-state index in [0.717, 1.165) is 0 Å². The summed E-state index contributed by atoms with van der Waals surface area (Å²) in [7, 11) is -6.23. The van der Waals surface area contributed by atoms with Crippen LogP contribution in [-0.2, 0) is 22.4 Å². The molecule has 0 spiro atoms. The average molecular weight is 337 g/mol. The van der Waals surface area contributed by atoms with Crippen LogP contribution in [0.5, 0.6) is 0 Å². The second-order valence-electron chi connectivity index (χ2n) is 2.99. The molecule has 0 radical (unpaired) electrons. The Bertz CT molecular complexity index is 293. The summed E-state index contributed by atoms with van der Waals surface area (Å²) >= 11 is 1.32. The van der Waals surface area contributed by atoms with E-state index in [0.29, 0.717) is 36.0 Å². The minimum Gasteiger partial charge on any atom is -0.373 e. The van der Waals surface area contributed by atoms with Crippen LogP contribution in [0.1, 0.15) is 20.8 Å². The maximum atomic E-state index is 10.6. The van der Waals surface area contributed by atoms with Gasteiger partial charge in [0.15, 0.2) is 0 Å². The number of hydrogen-bond donors (Lipinski definition) is 1. The molecule has 0 saturated heterocycles. The van der Waals surface area contributed by atoms with Gasteiger partial charge in [-0.3, -0.25) is 4.55 Å². The summed E-state index contributed by atoms with van der Waals surface area (Å²) in [6.07, 6.45) is 0. The zero-order valence-electron chi connectivity index (χ0n) is 10.7. The van der Waals surface area contributed by atoms with E-state index < -0.39 is 18.0 Å². The summed E-state index contributed by atoms with van der Waals surface area (Å²) in [5.74, 6) is 0. The third-order valence-electron chi connectivity index (χ3n) is 1.65. The summed E-state index contributed by atoms with van der Waals surface area (Å²) < 4.78 is 46.5. The van der Waals surface area contributed by atoms with Crippen molar-refractivity contribution < 1.29 is 26.2 Å². The van der Waals surface area contributed by atoms with Crippen LogP contribution in [0.25, 0.3) is 0 Å². The molecule has 0 atom stereocenters. The Labute approximate surface area is 118 Å². The molecule has 0 rings (SSSR count). The fourth-order valence-electron chi connectivity index (χ4n) is 1.17. The van der Waals surface area contributed by atoms with Crippen molar-refractivity contribution in [3.63, 3.8) is 0 Å². The van der Waals surface area contributed by atoms with Gasteiger partial charge in [-0.2, -0.15) is 8.42 Å². The first-order valence-electron chi connectivity index (χ1n) is 5.50. The van der Waals surface area contributed by atoms with E-state index in [1.807, 2.05) is 20.8 Å². The fourth-order valence-corrected chi connectivity index (χ4v) is 8.29. The third kappa shape index (κ3) is 8.75. The molecule has 6 nitrogen and oxygen atoms in total. The van der Waals surface area contributed by atoms with E-state index in [9.17, 15) is 8.42 Å². The van der Waals surface area contributed by atoms with Crippen molar-refractivity contribution in [2.45, 2.75) is 20.8 Å². The largest absolute Gasteiger partial charge is 0.511 e. The van der Waals surface area contributed by atoms with Crippen molar-refractivity contribution in [1.29, 1.82) is 0 Å². The molecular weight excluding hydrogens is 316 g/mol. The normalized spacial score (nSPS) is 12.9. The van der Waals surface area contributed by atoms with Gasteiger partial charge < -0.3 is 13.3 Å². The van der Waals surface area contributed by atoms with Crippen molar-refractivity contribution in [3.8, 4) is 0 Å². The molecule has 10 heteroatoms. The number of hydrogen-bond acceptors (Lipinski definition) is 7. The molecule has 0 aromatic carbocycles. The lowest BCUT2D eigenvalue weighted by molar-refractivity contribution is 0.0773. The predicted octanol–water partition coefficient (Wildman–Crippen LogP) is 1.80. The molecule has 0 aliphatic rings. The second-order valence-corrected chi connectivity index (χ2v) is 10.8. The van der Waals surface area contributed by atoms with Crippen LogP contribution < -0.4 is 0 Å². The molecule has 0 aliphatic heterocycles. The smallest absolute Gasteiger partial charge is 0.373 e. The van der Waals surface area contributed by atoms with Crippen molar-refractivity contribution in [1.82, 2.24) is 0 Å². The first-order chi connectivity index (χ1) is 8.39. The molecule has 0 amide bonds. The van der Waals surface area contributed by atoms with Crippen LogP contribution in [0, 0.1) is 0 Å². The first kappa shape index (κ1) is 18.7. The molecular formula is C8H20O6S3Si. The molecule has 0 fully saturated rings. The maximum Gasteiger partial charge on any atom is 0.511 e. The minimum absolute atomic E-state index is 0.209. The Balaban J connectivity index is 4.29. The lowest BCUT2D eigenvalue weighted by atomic mass is 10.9. The SMILES string of the molecule is CCO[Si](CSCSS(=O)(=O)O)(OCC)OCC. The Kier molecular flexibility index (Phi) is 9.96. The summed E-state index contributed by atoms with van der Waals surface area (Å²) in [5, 5.41) is 0.672. The lowest BCUT2D eigenvalue weighted by Gasteiger charge is -2.27. The summed E-state index contributed by atoms with van der Waals surface area (Å²) in [4.78, 5) is 0. The van der Waals surface area contributed by atoms with Crippen molar-refractivity contribution in [2.24, 2.45) is 0 Å². The zero-order valence-corrected chi connectivity index (χ0v) is 14.2. The molecule has 0 aromatic rings. The van der Waals surface area contributed by atoms with Gasteiger partial charge in [-0.1, -0.05) is 0 Å². The highest BCUT2D eigenvalue weighted by Crippen LogP contribution is 2.22. The van der Waals surface area contributed by atoms with Crippen LogP contribution >= 0.6 is 22.6 Å². The van der Waals surface area contributed by atoms with Gasteiger partial charge in [0.2, 0.25) is 0 Å². The molecule has 0 aliphatic carbocycles.